The number of nitrogens with one attached hydrogen (secondary N) is 1. The van der Waals surface area contributed by atoms with E-state index in [4.69, 9.17) is 8.83 Å². The Morgan fingerprint density at radius 1 is 1.16 bits per heavy atom. The van der Waals surface area contributed by atoms with E-state index in [0.29, 0.717) is 17.9 Å². The first-order chi connectivity index (χ1) is 12.2. The standard InChI is InChI=1S/C19H15NO4S/c21-18(15-6-3-9-23-15)17-8-7-13(25-17)11-20-19(22)16-10-12-4-1-2-5-14(12)24-16/h1-10,18,21H,11H2,(H,20,22). The zero-order chi connectivity index (χ0) is 17.2. The first-order valence-electron chi connectivity index (χ1n) is 7.77. The van der Waals surface area contributed by atoms with Crippen LogP contribution in [0.3, 0.4) is 0 Å². The highest BCUT2D eigenvalue weighted by Gasteiger charge is 2.16. The molecule has 126 valence electrons. The number of thiophene rings is 1. The average Bonchev–Trinajstić information content (AvgIpc) is 3.39. The number of hydrogen-bond acceptors (Lipinski definition) is 5. The minimum absolute atomic E-state index is 0.266. The number of fused-ring (bicyclic) bond motifs is 1. The Balaban J connectivity index is 1.42. The highest BCUT2D eigenvalue weighted by molar-refractivity contribution is 7.12. The van der Waals surface area contributed by atoms with Crippen molar-refractivity contribution in [1.82, 2.24) is 5.32 Å². The summed E-state index contributed by atoms with van der Waals surface area (Å²) in [6.07, 6.45) is 0.737. The van der Waals surface area contributed by atoms with Crippen molar-refractivity contribution in [2.45, 2.75) is 12.6 Å². The van der Waals surface area contributed by atoms with E-state index in [1.54, 1.807) is 18.2 Å². The van der Waals surface area contributed by atoms with E-state index in [1.165, 1.54) is 17.6 Å². The molecule has 6 heteroatoms. The fraction of sp³-hybridized carbons (Fsp3) is 0.105. The van der Waals surface area contributed by atoms with Crippen molar-refractivity contribution < 1.29 is 18.7 Å². The molecule has 0 aliphatic rings. The third kappa shape index (κ3) is 3.22. The summed E-state index contributed by atoms with van der Waals surface area (Å²) in [7, 11) is 0. The molecular formula is C19H15NO4S. The lowest BCUT2D eigenvalue weighted by molar-refractivity contribution is 0.0925. The third-order valence-corrected chi connectivity index (χ3v) is 4.97. The van der Waals surface area contributed by atoms with Gasteiger partial charge in [-0.25, -0.2) is 0 Å². The van der Waals surface area contributed by atoms with Crippen LogP contribution in [0, 0.1) is 0 Å². The molecule has 1 amide bonds. The van der Waals surface area contributed by atoms with Gasteiger partial charge in [0.05, 0.1) is 12.8 Å². The highest BCUT2D eigenvalue weighted by atomic mass is 32.1. The molecule has 0 aliphatic carbocycles. The van der Waals surface area contributed by atoms with Crippen molar-refractivity contribution >= 4 is 28.2 Å². The van der Waals surface area contributed by atoms with Gasteiger partial charge in [0.1, 0.15) is 17.4 Å². The van der Waals surface area contributed by atoms with E-state index < -0.39 is 6.10 Å². The van der Waals surface area contributed by atoms with Gasteiger partial charge >= 0.3 is 0 Å². The van der Waals surface area contributed by atoms with Gasteiger partial charge in [-0.2, -0.15) is 0 Å². The smallest absolute Gasteiger partial charge is 0.287 e. The molecule has 1 unspecified atom stereocenters. The lowest BCUT2D eigenvalue weighted by Crippen LogP contribution is -2.21. The number of para-hydroxylation sites is 1. The van der Waals surface area contributed by atoms with Gasteiger partial charge < -0.3 is 19.3 Å². The number of amides is 1. The SMILES string of the molecule is O=C(NCc1ccc(C(O)c2ccco2)s1)c1cc2ccccc2o1. The van der Waals surface area contributed by atoms with Crippen LogP contribution in [0.15, 0.2) is 69.7 Å². The predicted molar refractivity (Wildman–Crippen MR) is 94.5 cm³/mol. The van der Waals surface area contributed by atoms with Crippen molar-refractivity contribution in [2.75, 3.05) is 0 Å². The molecular weight excluding hydrogens is 338 g/mol. The Hall–Kier alpha value is -2.83. The molecule has 1 atom stereocenters. The van der Waals surface area contributed by atoms with Crippen LogP contribution < -0.4 is 5.32 Å². The number of rotatable bonds is 5. The Labute approximate surface area is 147 Å². The van der Waals surface area contributed by atoms with Crippen LogP contribution in [0.2, 0.25) is 0 Å². The van der Waals surface area contributed by atoms with Crippen LogP contribution in [0.1, 0.15) is 32.2 Å². The van der Waals surface area contributed by atoms with E-state index in [1.807, 2.05) is 36.4 Å². The first-order valence-corrected chi connectivity index (χ1v) is 8.59. The summed E-state index contributed by atoms with van der Waals surface area (Å²) < 4.78 is 10.8. The monoisotopic (exact) mass is 353 g/mol. The minimum Gasteiger partial charge on any atom is -0.466 e. The van der Waals surface area contributed by atoms with Crippen molar-refractivity contribution in [3.8, 4) is 0 Å². The molecule has 0 fully saturated rings. The molecule has 0 saturated heterocycles. The summed E-state index contributed by atoms with van der Waals surface area (Å²) in [5, 5.41) is 14.0. The number of aliphatic hydroxyl groups is 1. The molecule has 3 aromatic heterocycles. The molecule has 0 saturated carbocycles. The summed E-state index contributed by atoms with van der Waals surface area (Å²) in [4.78, 5) is 14.0. The number of hydrogen-bond donors (Lipinski definition) is 2. The van der Waals surface area contributed by atoms with Crippen LogP contribution in [0.5, 0.6) is 0 Å². The number of carbonyl (C=O) groups is 1. The molecule has 4 rings (SSSR count). The van der Waals surface area contributed by atoms with Gasteiger partial charge in [-0.15, -0.1) is 11.3 Å². The summed E-state index contributed by atoms with van der Waals surface area (Å²) in [6, 6.07) is 16.4. The second-order valence-corrected chi connectivity index (χ2v) is 6.75. The fourth-order valence-corrected chi connectivity index (χ4v) is 3.52. The fourth-order valence-electron chi connectivity index (χ4n) is 2.57. The maximum absolute atomic E-state index is 12.3. The Morgan fingerprint density at radius 2 is 2.04 bits per heavy atom. The van der Waals surface area contributed by atoms with Crippen LogP contribution in [0.4, 0.5) is 0 Å². The molecule has 4 aromatic rings. The van der Waals surface area contributed by atoms with Gasteiger partial charge in [0.2, 0.25) is 0 Å². The van der Waals surface area contributed by atoms with Gasteiger partial charge in [-0.1, -0.05) is 18.2 Å². The van der Waals surface area contributed by atoms with E-state index in [2.05, 4.69) is 5.32 Å². The van der Waals surface area contributed by atoms with Crippen LogP contribution in [-0.2, 0) is 6.54 Å². The van der Waals surface area contributed by atoms with Crippen LogP contribution in [-0.4, -0.2) is 11.0 Å². The van der Waals surface area contributed by atoms with E-state index in [-0.39, 0.29) is 11.7 Å². The highest BCUT2D eigenvalue weighted by Crippen LogP contribution is 2.28. The second kappa shape index (κ2) is 6.58. The zero-order valence-corrected chi connectivity index (χ0v) is 14.0. The predicted octanol–water partition coefficient (Wildman–Crippen LogP) is 4.10. The number of furan rings is 2. The molecule has 0 spiro atoms. The normalized spacial score (nSPS) is 12.4. The quantitative estimate of drug-likeness (QED) is 0.566. The average molecular weight is 353 g/mol. The van der Waals surface area contributed by atoms with Crippen molar-refractivity contribution in [3.05, 3.63) is 82.1 Å². The first kappa shape index (κ1) is 15.7. The van der Waals surface area contributed by atoms with E-state index >= 15 is 0 Å². The second-order valence-electron chi connectivity index (χ2n) is 5.55. The molecule has 1 aromatic carbocycles. The summed E-state index contributed by atoms with van der Waals surface area (Å²) in [5.41, 5.74) is 0.688. The Bertz CT molecular complexity index is 966. The lowest BCUT2D eigenvalue weighted by Gasteiger charge is -2.04. The lowest BCUT2D eigenvalue weighted by atomic mass is 10.2. The third-order valence-electron chi connectivity index (χ3n) is 3.84. The Kier molecular flexibility index (Phi) is 4.13. The van der Waals surface area contributed by atoms with Crippen molar-refractivity contribution in [3.63, 3.8) is 0 Å². The van der Waals surface area contributed by atoms with Gasteiger partial charge in [-0.05, 0) is 36.4 Å². The molecule has 2 N–H and O–H groups in total. The van der Waals surface area contributed by atoms with Gasteiger partial charge in [0.15, 0.2) is 5.76 Å². The van der Waals surface area contributed by atoms with Gasteiger partial charge in [0.25, 0.3) is 5.91 Å². The number of carbonyl (C=O) groups excluding carboxylic acids is 1. The van der Waals surface area contributed by atoms with Crippen molar-refractivity contribution in [2.24, 2.45) is 0 Å². The molecule has 5 nitrogen and oxygen atoms in total. The minimum atomic E-state index is -0.792. The van der Waals surface area contributed by atoms with Crippen molar-refractivity contribution in [1.29, 1.82) is 0 Å². The van der Waals surface area contributed by atoms with Gasteiger partial charge in [0, 0.05) is 15.1 Å². The number of benzene rings is 1. The van der Waals surface area contributed by atoms with Crippen LogP contribution >= 0.6 is 11.3 Å². The zero-order valence-electron chi connectivity index (χ0n) is 13.1. The molecule has 0 radical (unpaired) electrons. The van der Waals surface area contributed by atoms with Gasteiger partial charge in [-0.3, -0.25) is 4.79 Å². The summed E-state index contributed by atoms with van der Waals surface area (Å²) >= 11 is 1.43. The van der Waals surface area contributed by atoms with Crippen LogP contribution in [0.25, 0.3) is 11.0 Å². The molecule has 25 heavy (non-hydrogen) atoms. The van der Waals surface area contributed by atoms with E-state index in [9.17, 15) is 9.90 Å². The molecule has 0 aliphatic heterocycles. The topological polar surface area (TPSA) is 75.6 Å². The number of aliphatic hydroxyl groups excluding tert-OH is 1. The molecule has 3 heterocycles. The summed E-state index contributed by atoms with van der Waals surface area (Å²) in [5.74, 6) is 0.519. The summed E-state index contributed by atoms with van der Waals surface area (Å²) in [6.45, 7) is 0.366. The van der Waals surface area contributed by atoms with E-state index in [0.717, 1.165) is 15.1 Å². The maximum atomic E-state index is 12.3. The molecule has 0 bridgehead atoms. The Morgan fingerprint density at radius 3 is 2.84 bits per heavy atom. The maximum Gasteiger partial charge on any atom is 0.287 e. The largest absolute Gasteiger partial charge is 0.466 e.